The molecule has 0 saturated carbocycles. The van der Waals surface area contributed by atoms with E-state index in [-0.39, 0.29) is 12.5 Å². The van der Waals surface area contributed by atoms with E-state index in [4.69, 9.17) is 4.74 Å². The number of aromatic nitrogens is 2. The molecule has 0 fully saturated rings. The van der Waals surface area contributed by atoms with Crippen LogP contribution in [0.1, 0.15) is 24.2 Å². The number of nitrogens with one attached hydrogen (secondary N) is 1. The van der Waals surface area contributed by atoms with Crippen LogP contribution in [0.25, 0.3) is 0 Å². The van der Waals surface area contributed by atoms with Crippen molar-refractivity contribution in [1.29, 1.82) is 0 Å². The highest BCUT2D eigenvalue weighted by atomic mass is 19.1. The summed E-state index contributed by atoms with van der Waals surface area (Å²) in [6.07, 6.45) is 4.23. The molecule has 2 N–H and O–H groups in total. The number of amides is 1. The first-order chi connectivity index (χ1) is 13.8. The molecule has 0 spiro atoms. The van der Waals surface area contributed by atoms with Crippen molar-refractivity contribution in [2.24, 2.45) is 11.8 Å². The number of anilines is 1. The zero-order chi connectivity index (χ0) is 21.1. The molecule has 3 rings (SSSR count). The topological polar surface area (TPSA) is 93.5 Å². The van der Waals surface area contributed by atoms with Crippen molar-refractivity contribution >= 4 is 17.6 Å². The van der Waals surface area contributed by atoms with Crippen molar-refractivity contribution in [2.75, 3.05) is 5.32 Å². The standard InChI is InChI=1S/C20H21F2N3O4/c1-11-18(23-19(26)14-5-3-4-6-15(14)20(27)28)12(2)25(24-11)10-29-17-8-7-13(21)9-16(17)22/h3-4,7-9,14-15H,5-6,10H2,1-2H3,(H,23,26)(H,27,28)/t14-,15+/m1/s1. The maximum atomic E-state index is 13.7. The lowest BCUT2D eigenvalue weighted by molar-refractivity contribution is -0.146. The molecule has 9 heteroatoms. The molecular weight excluding hydrogens is 384 g/mol. The Hall–Kier alpha value is -3.23. The zero-order valence-electron chi connectivity index (χ0n) is 16.0. The zero-order valence-corrected chi connectivity index (χ0v) is 16.0. The predicted molar refractivity (Wildman–Crippen MR) is 100 cm³/mol. The van der Waals surface area contributed by atoms with Gasteiger partial charge >= 0.3 is 5.97 Å². The number of carbonyl (C=O) groups excluding carboxylic acids is 1. The summed E-state index contributed by atoms with van der Waals surface area (Å²) in [5.41, 5.74) is 1.53. The Morgan fingerprint density at radius 3 is 2.59 bits per heavy atom. The second-order valence-corrected chi connectivity index (χ2v) is 6.88. The summed E-state index contributed by atoms with van der Waals surface area (Å²) in [6, 6.07) is 2.99. The highest BCUT2D eigenvalue weighted by Gasteiger charge is 2.34. The van der Waals surface area contributed by atoms with Crippen LogP contribution in [0, 0.1) is 37.3 Å². The van der Waals surface area contributed by atoms with Gasteiger partial charge in [0, 0.05) is 6.07 Å². The fraction of sp³-hybridized carbons (Fsp3) is 0.350. The molecule has 0 bridgehead atoms. The van der Waals surface area contributed by atoms with E-state index in [2.05, 4.69) is 10.4 Å². The Labute approximate surface area is 166 Å². The van der Waals surface area contributed by atoms with E-state index >= 15 is 0 Å². The average Bonchev–Trinajstić information content (AvgIpc) is 2.94. The van der Waals surface area contributed by atoms with Gasteiger partial charge in [-0.1, -0.05) is 12.2 Å². The lowest BCUT2D eigenvalue weighted by Gasteiger charge is -2.24. The first kappa shape index (κ1) is 20.5. The molecule has 7 nitrogen and oxygen atoms in total. The summed E-state index contributed by atoms with van der Waals surface area (Å²) < 4.78 is 33.5. The maximum absolute atomic E-state index is 13.7. The van der Waals surface area contributed by atoms with Gasteiger partial charge < -0.3 is 15.2 Å². The maximum Gasteiger partial charge on any atom is 0.307 e. The number of carboxylic acids is 1. The monoisotopic (exact) mass is 405 g/mol. The molecule has 1 aromatic heterocycles. The van der Waals surface area contributed by atoms with Crippen molar-refractivity contribution in [1.82, 2.24) is 9.78 Å². The van der Waals surface area contributed by atoms with Gasteiger partial charge in [-0.05, 0) is 38.8 Å². The Morgan fingerprint density at radius 1 is 1.24 bits per heavy atom. The molecule has 29 heavy (non-hydrogen) atoms. The highest BCUT2D eigenvalue weighted by Crippen LogP contribution is 2.29. The molecule has 0 unspecified atom stereocenters. The molecule has 1 aliphatic rings. The van der Waals surface area contributed by atoms with E-state index in [1.807, 2.05) is 0 Å². The number of carbonyl (C=O) groups is 2. The molecule has 2 aromatic rings. The number of hydrogen-bond acceptors (Lipinski definition) is 4. The molecule has 154 valence electrons. The summed E-state index contributed by atoms with van der Waals surface area (Å²) in [5, 5.41) is 16.4. The SMILES string of the molecule is Cc1nn(COc2ccc(F)cc2F)c(C)c1NC(=O)[C@@H]1CC=CC[C@@H]1C(=O)O. The highest BCUT2D eigenvalue weighted by molar-refractivity contribution is 5.96. The van der Waals surface area contributed by atoms with Crippen LogP contribution in [0.15, 0.2) is 30.4 Å². The normalized spacial score (nSPS) is 18.5. The quantitative estimate of drug-likeness (QED) is 0.719. The molecule has 2 atom stereocenters. The van der Waals surface area contributed by atoms with E-state index in [9.17, 15) is 23.5 Å². The molecule has 0 aliphatic heterocycles. The van der Waals surface area contributed by atoms with Crippen molar-refractivity contribution in [3.8, 4) is 5.75 Å². The molecule has 0 saturated heterocycles. The number of nitrogens with zero attached hydrogens (tertiary/aromatic N) is 2. The van der Waals surface area contributed by atoms with E-state index in [0.717, 1.165) is 12.1 Å². The Morgan fingerprint density at radius 2 is 1.93 bits per heavy atom. The average molecular weight is 405 g/mol. The lowest BCUT2D eigenvalue weighted by Crippen LogP contribution is -2.35. The van der Waals surface area contributed by atoms with Gasteiger partial charge in [0.15, 0.2) is 18.3 Å². The van der Waals surface area contributed by atoms with Crippen LogP contribution in [-0.2, 0) is 16.3 Å². The third-order valence-corrected chi connectivity index (χ3v) is 4.95. The fourth-order valence-electron chi connectivity index (χ4n) is 3.32. The minimum Gasteiger partial charge on any atom is -0.481 e. The van der Waals surface area contributed by atoms with Crippen molar-refractivity contribution in [3.63, 3.8) is 0 Å². The molecule has 0 radical (unpaired) electrons. The first-order valence-electron chi connectivity index (χ1n) is 9.08. The molecule has 1 heterocycles. The number of aryl methyl sites for hydroxylation is 1. The summed E-state index contributed by atoms with van der Waals surface area (Å²) in [4.78, 5) is 24.1. The van der Waals surface area contributed by atoms with Gasteiger partial charge in [-0.25, -0.2) is 13.5 Å². The molecule has 1 amide bonds. The van der Waals surface area contributed by atoms with E-state index < -0.39 is 35.3 Å². The summed E-state index contributed by atoms with van der Waals surface area (Å²) >= 11 is 0. The van der Waals surface area contributed by atoms with Gasteiger partial charge in [0.25, 0.3) is 0 Å². The van der Waals surface area contributed by atoms with Crippen LogP contribution in [0.3, 0.4) is 0 Å². The minimum absolute atomic E-state index is 0.122. The van der Waals surface area contributed by atoms with Gasteiger partial charge in [0.05, 0.1) is 28.9 Å². The largest absolute Gasteiger partial charge is 0.481 e. The number of carboxylic acid groups (broad SMARTS) is 1. The van der Waals surface area contributed by atoms with Crippen molar-refractivity contribution < 1.29 is 28.2 Å². The Balaban J connectivity index is 1.72. The summed E-state index contributed by atoms with van der Waals surface area (Å²) in [7, 11) is 0. The number of halogens is 2. The Bertz CT molecular complexity index is 971. The number of allylic oxidation sites excluding steroid dienone is 2. The van der Waals surface area contributed by atoms with Crippen molar-refractivity contribution in [2.45, 2.75) is 33.4 Å². The second-order valence-electron chi connectivity index (χ2n) is 6.88. The molecule has 1 aliphatic carbocycles. The third-order valence-electron chi connectivity index (χ3n) is 4.95. The number of benzene rings is 1. The van der Waals surface area contributed by atoms with Gasteiger partial charge in [0.1, 0.15) is 5.82 Å². The van der Waals surface area contributed by atoms with Crippen LogP contribution in [0.2, 0.25) is 0 Å². The minimum atomic E-state index is -1.01. The number of rotatable bonds is 6. The summed E-state index contributed by atoms with van der Waals surface area (Å²) in [5.74, 6) is -4.51. The van der Waals surface area contributed by atoms with Crippen LogP contribution >= 0.6 is 0 Å². The van der Waals surface area contributed by atoms with Crippen LogP contribution in [0.4, 0.5) is 14.5 Å². The van der Waals surface area contributed by atoms with E-state index in [1.165, 1.54) is 10.7 Å². The number of ether oxygens (including phenoxy) is 1. The van der Waals surface area contributed by atoms with Gasteiger partial charge in [-0.15, -0.1) is 0 Å². The van der Waals surface area contributed by atoms with Crippen LogP contribution in [-0.4, -0.2) is 26.8 Å². The third kappa shape index (κ3) is 4.44. The second kappa shape index (κ2) is 8.42. The number of aliphatic carboxylic acids is 1. The first-order valence-corrected chi connectivity index (χ1v) is 9.08. The molecule has 1 aromatic carbocycles. The smallest absolute Gasteiger partial charge is 0.307 e. The fourth-order valence-corrected chi connectivity index (χ4v) is 3.32. The van der Waals surface area contributed by atoms with Gasteiger partial charge in [-0.3, -0.25) is 9.59 Å². The molecular formula is C20H21F2N3O4. The number of hydrogen-bond donors (Lipinski definition) is 2. The van der Waals surface area contributed by atoms with E-state index in [1.54, 1.807) is 26.0 Å². The van der Waals surface area contributed by atoms with Gasteiger partial charge in [-0.2, -0.15) is 5.10 Å². The van der Waals surface area contributed by atoms with Crippen LogP contribution < -0.4 is 10.1 Å². The van der Waals surface area contributed by atoms with Crippen molar-refractivity contribution in [3.05, 3.63) is 53.4 Å². The van der Waals surface area contributed by atoms with Crippen LogP contribution in [0.5, 0.6) is 5.75 Å². The predicted octanol–water partition coefficient (Wildman–Crippen LogP) is 3.42. The summed E-state index contributed by atoms with van der Waals surface area (Å²) in [6.45, 7) is 3.25. The Kier molecular flexibility index (Phi) is 5.95. The lowest BCUT2D eigenvalue weighted by atomic mass is 9.82. The van der Waals surface area contributed by atoms with Gasteiger partial charge in [0.2, 0.25) is 5.91 Å². The van der Waals surface area contributed by atoms with E-state index in [0.29, 0.717) is 29.9 Å².